The Balaban J connectivity index is 1.52. The first-order chi connectivity index (χ1) is 13.0. The molecule has 7 heteroatoms. The Morgan fingerprint density at radius 1 is 1.22 bits per heavy atom. The van der Waals surface area contributed by atoms with Crippen LogP contribution in [-0.4, -0.2) is 48.6 Å². The number of rotatable bonds is 7. The fourth-order valence-electron chi connectivity index (χ4n) is 3.02. The standard InChI is InChI=1S/C20H24N2O5/c1-14(23)16-3-5-17(6-4-16)26-13-18-11-19(21-27-18)20(24)22(2)12-15-7-9-25-10-8-15/h3-6,11,15H,7-10,12-13H2,1-2H3. The quantitative estimate of drug-likeness (QED) is 0.695. The lowest BCUT2D eigenvalue weighted by Gasteiger charge is -2.26. The monoisotopic (exact) mass is 372 g/mol. The number of ketones is 1. The minimum atomic E-state index is -0.165. The summed E-state index contributed by atoms with van der Waals surface area (Å²) in [6, 6.07) is 8.46. The zero-order chi connectivity index (χ0) is 19.2. The second-order valence-electron chi connectivity index (χ2n) is 6.79. The summed E-state index contributed by atoms with van der Waals surface area (Å²) in [5, 5.41) is 3.86. The molecule has 2 aromatic rings. The van der Waals surface area contributed by atoms with E-state index < -0.39 is 0 Å². The molecular formula is C20H24N2O5. The molecule has 0 N–H and O–H groups in total. The van der Waals surface area contributed by atoms with Crippen LogP contribution in [0.15, 0.2) is 34.9 Å². The molecule has 0 unspecified atom stereocenters. The van der Waals surface area contributed by atoms with Gasteiger partial charge in [0.15, 0.2) is 17.2 Å². The van der Waals surface area contributed by atoms with E-state index in [-0.39, 0.29) is 24.0 Å². The van der Waals surface area contributed by atoms with E-state index in [0.717, 1.165) is 26.1 Å². The van der Waals surface area contributed by atoms with Gasteiger partial charge in [0.05, 0.1) is 0 Å². The van der Waals surface area contributed by atoms with Crippen LogP contribution in [0.2, 0.25) is 0 Å². The van der Waals surface area contributed by atoms with Crippen LogP contribution in [0.4, 0.5) is 0 Å². The van der Waals surface area contributed by atoms with Gasteiger partial charge in [-0.15, -0.1) is 0 Å². The molecule has 3 rings (SSSR count). The fourth-order valence-corrected chi connectivity index (χ4v) is 3.02. The maximum absolute atomic E-state index is 12.5. The highest BCUT2D eigenvalue weighted by Crippen LogP contribution is 2.18. The minimum absolute atomic E-state index is 0.00445. The number of carbonyl (C=O) groups is 2. The lowest BCUT2D eigenvalue weighted by molar-refractivity contribution is 0.0493. The molecular weight excluding hydrogens is 348 g/mol. The molecule has 0 aliphatic carbocycles. The smallest absolute Gasteiger partial charge is 0.275 e. The van der Waals surface area contributed by atoms with Gasteiger partial charge in [-0.25, -0.2) is 0 Å². The third-order valence-corrected chi connectivity index (χ3v) is 4.64. The summed E-state index contributed by atoms with van der Waals surface area (Å²) in [6.45, 7) is 3.87. The number of Topliss-reactive ketones (excluding diaryl/α,β-unsaturated/α-hetero) is 1. The molecule has 0 spiro atoms. The van der Waals surface area contributed by atoms with E-state index >= 15 is 0 Å². The van der Waals surface area contributed by atoms with Gasteiger partial charge in [0.1, 0.15) is 12.4 Å². The maximum Gasteiger partial charge on any atom is 0.275 e. The van der Waals surface area contributed by atoms with Crippen molar-refractivity contribution in [3.8, 4) is 5.75 Å². The molecule has 1 aromatic carbocycles. The Hall–Kier alpha value is -2.67. The lowest BCUT2D eigenvalue weighted by atomic mass is 10.00. The molecule has 1 aliphatic rings. The Kier molecular flexibility index (Phi) is 6.24. The minimum Gasteiger partial charge on any atom is -0.486 e. The number of amides is 1. The van der Waals surface area contributed by atoms with Gasteiger partial charge < -0.3 is 18.9 Å². The molecule has 0 atom stereocenters. The average Bonchev–Trinajstić information content (AvgIpc) is 3.16. The van der Waals surface area contributed by atoms with Crippen LogP contribution in [0.1, 0.15) is 46.4 Å². The van der Waals surface area contributed by atoms with Crippen molar-refractivity contribution in [3.05, 3.63) is 47.3 Å². The summed E-state index contributed by atoms with van der Waals surface area (Å²) in [6.07, 6.45) is 1.94. The number of benzene rings is 1. The van der Waals surface area contributed by atoms with Crippen molar-refractivity contribution >= 4 is 11.7 Å². The molecule has 0 radical (unpaired) electrons. The largest absolute Gasteiger partial charge is 0.486 e. The van der Waals surface area contributed by atoms with Crippen molar-refractivity contribution in [3.63, 3.8) is 0 Å². The number of nitrogens with zero attached hydrogens (tertiary/aromatic N) is 2. The van der Waals surface area contributed by atoms with Crippen LogP contribution in [0.3, 0.4) is 0 Å². The van der Waals surface area contributed by atoms with Gasteiger partial charge in [-0.05, 0) is 49.9 Å². The zero-order valence-corrected chi connectivity index (χ0v) is 15.6. The maximum atomic E-state index is 12.5. The molecule has 144 valence electrons. The van der Waals surface area contributed by atoms with Crippen molar-refractivity contribution in [2.45, 2.75) is 26.4 Å². The van der Waals surface area contributed by atoms with Gasteiger partial charge in [-0.2, -0.15) is 0 Å². The Bertz CT molecular complexity index is 778. The molecule has 1 fully saturated rings. The van der Waals surface area contributed by atoms with Crippen LogP contribution in [0.5, 0.6) is 5.75 Å². The van der Waals surface area contributed by atoms with E-state index in [9.17, 15) is 9.59 Å². The number of hydrogen-bond donors (Lipinski definition) is 0. The van der Waals surface area contributed by atoms with Crippen molar-refractivity contribution in [2.75, 3.05) is 26.8 Å². The summed E-state index contributed by atoms with van der Waals surface area (Å²) >= 11 is 0. The van der Waals surface area contributed by atoms with Crippen molar-refractivity contribution < 1.29 is 23.6 Å². The zero-order valence-electron chi connectivity index (χ0n) is 15.6. The Labute approximate surface area is 158 Å². The predicted molar refractivity (Wildman–Crippen MR) is 97.8 cm³/mol. The summed E-state index contributed by atoms with van der Waals surface area (Å²) < 4.78 is 16.2. The lowest BCUT2D eigenvalue weighted by Crippen LogP contribution is -2.34. The second-order valence-corrected chi connectivity index (χ2v) is 6.79. The van der Waals surface area contributed by atoms with E-state index in [1.807, 2.05) is 0 Å². The molecule has 1 aliphatic heterocycles. The average molecular weight is 372 g/mol. The van der Waals surface area contributed by atoms with Gasteiger partial charge in [0.25, 0.3) is 5.91 Å². The number of hydrogen-bond acceptors (Lipinski definition) is 6. The summed E-state index contributed by atoms with van der Waals surface area (Å²) in [7, 11) is 1.78. The van der Waals surface area contributed by atoms with Crippen LogP contribution >= 0.6 is 0 Å². The predicted octanol–water partition coefficient (Wildman–Crippen LogP) is 2.95. The van der Waals surface area contributed by atoms with Crippen LogP contribution in [-0.2, 0) is 11.3 Å². The summed E-state index contributed by atoms with van der Waals surface area (Å²) in [4.78, 5) is 25.5. The number of ether oxygens (including phenoxy) is 2. The van der Waals surface area contributed by atoms with E-state index in [1.54, 1.807) is 42.3 Å². The van der Waals surface area contributed by atoms with Crippen molar-refractivity contribution in [2.24, 2.45) is 5.92 Å². The fraction of sp³-hybridized carbons (Fsp3) is 0.450. The van der Waals surface area contributed by atoms with E-state index in [1.165, 1.54) is 6.92 Å². The van der Waals surface area contributed by atoms with Crippen LogP contribution < -0.4 is 4.74 Å². The molecule has 0 bridgehead atoms. The first-order valence-electron chi connectivity index (χ1n) is 9.05. The van der Waals surface area contributed by atoms with Gasteiger partial charge in [-0.1, -0.05) is 5.16 Å². The number of aromatic nitrogens is 1. The first kappa shape index (κ1) is 19.1. The van der Waals surface area contributed by atoms with Gasteiger partial charge in [0.2, 0.25) is 0 Å². The molecule has 7 nitrogen and oxygen atoms in total. The van der Waals surface area contributed by atoms with Gasteiger partial charge in [-0.3, -0.25) is 9.59 Å². The molecule has 1 amide bonds. The van der Waals surface area contributed by atoms with Gasteiger partial charge >= 0.3 is 0 Å². The van der Waals surface area contributed by atoms with E-state index in [0.29, 0.717) is 29.5 Å². The molecule has 27 heavy (non-hydrogen) atoms. The highest BCUT2D eigenvalue weighted by Gasteiger charge is 2.22. The molecule has 0 saturated carbocycles. The molecule has 2 heterocycles. The normalized spacial score (nSPS) is 14.7. The molecule has 1 saturated heterocycles. The summed E-state index contributed by atoms with van der Waals surface area (Å²) in [5.74, 6) is 1.38. The Morgan fingerprint density at radius 3 is 2.59 bits per heavy atom. The molecule has 1 aromatic heterocycles. The second kappa shape index (κ2) is 8.81. The Morgan fingerprint density at radius 2 is 1.93 bits per heavy atom. The van der Waals surface area contributed by atoms with E-state index in [2.05, 4.69) is 5.16 Å². The topological polar surface area (TPSA) is 81.9 Å². The third kappa shape index (κ3) is 5.17. The third-order valence-electron chi connectivity index (χ3n) is 4.64. The van der Waals surface area contributed by atoms with Crippen LogP contribution in [0.25, 0.3) is 0 Å². The summed E-state index contributed by atoms with van der Waals surface area (Å²) in [5.41, 5.74) is 0.901. The van der Waals surface area contributed by atoms with Gasteiger partial charge in [0, 0.05) is 38.4 Å². The SMILES string of the molecule is CC(=O)c1ccc(OCc2cc(C(=O)N(C)CC3CCOCC3)no2)cc1. The first-order valence-corrected chi connectivity index (χ1v) is 9.05. The van der Waals surface area contributed by atoms with Crippen molar-refractivity contribution in [1.82, 2.24) is 10.1 Å². The van der Waals surface area contributed by atoms with Crippen molar-refractivity contribution in [1.29, 1.82) is 0 Å². The highest BCUT2D eigenvalue weighted by atomic mass is 16.5. The van der Waals surface area contributed by atoms with E-state index in [4.69, 9.17) is 14.0 Å². The number of carbonyl (C=O) groups excluding carboxylic acids is 2. The highest BCUT2D eigenvalue weighted by molar-refractivity contribution is 5.94. The van der Waals surface area contributed by atoms with Crippen LogP contribution in [0, 0.1) is 5.92 Å².